The van der Waals surface area contributed by atoms with Crippen LogP contribution in [0.15, 0.2) is 42.5 Å². The van der Waals surface area contributed by atoms with Crippen molar-refractivity contribution in [3.63, 3.8) is 0 Å². The lowest BCUT2D eigenvalue weighted by Crippen LogP contribution is -2.40. The molecule has 4 nitrogen and oxygen atoms in total. The van der Waals surface area contributed by atoms with Gasteiger partial charge in [-0.1, -0.05) is 12.1 Å². The summed E-state index contributed by atoms with van der Waals surface area (Å²) >= 11 is 0. The van der Waals surface area contributed by atoms with Crippen molar-refractivity contribution in [3.05, 3.63) is 59.4 Å². The predicted octanol–water partition coefficient (Wildman–Crippen LogP) is 3.60. The van der Waals surface area contributed by atoms with Crippen LogP contribution in [0.1, 0.15) is 24.0 Å². The maximum Gasteiger partial charge on any atom is 0.124 e. The second-order valence-corrected chi connectivity index (χ2v) is 6.85. The van der Waals surface area contributed by atoms with Crippen LogP contribution in [0.25, 0.3) is 0 Å². The summed E-state index contributed by atoms with van der Waals surface area (Å²) in [7, 11) is 3.84. The Labute approximate surface area is 154 Å². The van der Waals surface area contributed by atoms with E-state index in [0.717, 1.165) is 55.1 Å². The van der Waals surface area contributed by atoms with Crippen molar-refractivity contribution in [2.75, 3.05) is 27.2 Å². The molecule has 0 radical (unpaired) electrons. The Kier molecular flexibility index (Phi) is 6.47. The van der Waals surface area contributed by atoms with Gasteiger partial charge in [-0.15, -0.1) is 0 Å². The lowest BCUT2D eigenvalue weighted by molar-refractivity contribution is 0.233. The van der Waals surface area contributed by atoms with Gasteiger partial charge in [0.25, 0.3) is 0 Å². The third-order valence-corrected chi connectivity index (χ3v) is 4.88. The van der Waals surface area contributed by atoms with Crippen LogP contribution < -0.4 is 14.8 Å². The third-order valence-electron chi connectivity index (χ3n) is 4.88. The van der Waals surface area contributed by atoms with E-state index in [1.54, 1.807) is 19.2 Å². The molecule has 0 atom stereocenters. The zero-order valence-electron chi connectivity index (χ0n) is 15.5. The Morgan fingerprint density at radius 2 is 1.85 bits per heavy atom. The number of nitrogens with one attached hydrogen (secondary N) is 1. The number of likely N-dealkylation sites (tertiary alicyclic amines) is 1. The maximum absolute atomic E-state index is 13.0. The number of hydrogen-bond acceptors (Lipinski definition) is 4. The maximum atomic E-state index is 13.0. The number of ether oxygens (including phenoxy) is 2. The van der Waals surface area contributed by atoms with Gasteiger partial charge in [0, 0.05) is 18.2 Å². The van der Waals surface area contributed by atoms with E-state index in [-0.39, 0.29) is 5.82 Å². The molecule has 0 amide bonds. The first-order valence-electron chi connectivity index (χ1n) is 9.10. The van der Waals surface area contributed by atoms with Crippen molar-refractivity contribution < 1.29 is 13.9 Å². The van der Waals surface area contributed by atoms with E-state index in [2.05, 4.69) is 17.3 Å². The van der Waals surface area contributed by atoms with Crippen LogP contribution >= 0.6 is 0 Å². The van der Waals surface area contributed by atoms with Crippen LogP contribution in [0.2, 0.25) is 0 Å². The normalized spacial score (nSPS) is 15.8. The van der Waals surface area contributed by atoms with Crippen LogP contribution in [-0.2, 0) is 13.2 Å². The van der Waals surface area contributed by atoms with E-state index in [0.29, 0.717) is 12.6 Å². The molecule has 1 aliphatic heterocycles. The number of piperidine rings is 1. The average Bonchev–Trinajstić information content (AvgIpc) is 2.67. The summed E-state index contributed by atoms with van der Waals surface area (Å²) in [4.78, 5) is 2.36. The molecule has 1 N–H and O–H groups in total. The Morgan fingerprint density at radius 1 is 1.12 bits per heavy atom. The Balaban J connectivity index is 1.63. The van der Waals surface area contributed by atoms with Gasteiger partial charge < -0.3 is 19.7 Å². The van der Waals surface area contributed by atoms with E-state index in [1.165, 1.54) is 12.1 Å². The summed E-state index contributed by atoms with van der Waals surface area (Å²) in [6.07, 6.45) is 2.32. The summed E-state index contributed by atoms with van der Waals surface area (Å²) in [5.74, 6) is 1.41. The second kappa shape index (κ2) is 9.01. The van der Waals surface area contributed by atoms with Gasteiger partial charge >= 0.3 is 0 Å². The van der Waals surface area contributed by atoms with Crippen molar-refractivity contribution in [3.8, 4) is 11.5 Å². The van der Waals surface area contributed by atoms with Gasteiger partial charge in [-0.2, -0.15) is 0 Å². The highest BCUT2D eigenvalue weighted by Crippen LogP contribution is 2.25. The third kappa shape index (κ3) is 5.19. The fourth-order valence-corrected chi connectivity index (χ4v) is 3.17. The lowest BCUT2D eigenvalue weighted by atomic mass is 10.0. The number of hydrogen-bond donors (Lipinski definition) is 1. The summed E-state index contributed by atoms with van der Waals surface area (Å²) < 4.78 is 24.4. The highest BCUT2D eigenvalue weighted by Gasteiger charge is 2.17. The number of halogens is 1. The molecule has 0 bridgehead atoms. The fourth-order valence-electron chi connectivity index (χ4n) is 3.17. The summed E-state index contributed by atoms with van der Waals surface area (Å²) in [6.45, 7) is 3.41. The largest absolute Gasteiger partial charge is 0.497 e. The predicted molar refractivity (Wildman–Crippen MR) is 101 cm³/mol. The number of rotatable bonds is 7. The van der Waals surface area contributed by atoms with Gasteiger partial charge in [-0.05, 0) is 68.9 Å². The first-order valence-corrected chi connectivity index (χ1v) is 9.10. The van der Waals surface area contributed by atoms with E-state index >= 15 is 0 Å². The number of methoxy groups -OCH3 is 1. The van der Waals surface area contributed by atoms with Crippen molar-refractivity contribution in [2.45, 2.75) is 32.0 Å². The minimum atomic E-state index is -0.235. The average molecular weight is 358 g/mol. The molecule has 2 aromatic rings. The van der Waals surface area contributed by atoms with Crippen LogP contribution in [0.5, 0.6) is 11.5 Å². The molecular formula is C21H27FN2O2. The Morgan fingerprint density at radius 3 is 2.54 bits per heavy atom. The van der Waals surface area contributed by atoms with Crippen LogP contribution in [-0.4, -0.2) is 38.2 Å². The minimum absolute atomic E-state index is 0.235. The van der Waals surface area contributed by atoms with E-state index in [1.807, 2.05) is 18.2 Å². The number of benzene rings is 2. The molecule has 3 rings (SSSR count). The summed E-state index contributed by atoms with van der Waals surface area (Å²) in [5, 5.41) is 3.64. The molecule has 0 aromatic heterocycles. The van der Waals surface area contributed by atoms with Gasteiger partial charge in [0.05, 0.1) is 7.11 Å². The first kappa shape index (κ1) is 18.7. The molecule has 140 valence electrons. The monoisotopic (exact) mass is 358 g/mol. The molecular weight excluding hydrogens is 331 g/mol. The van der Waals surface area contributed by atoms with Gasteiger partial charge in [0.2, 0.25) is 0 Å². The molecule has 0 aliphatic carbocycles. The SMILES string of the molecule is COc1ccc(OCc2ccc(F)cc2)c(CNC2CCN(C)CC2)c1. The highest BCUT2D eigenvalue weighted by atomic mass is 19.1. The van der Waals surface area contributed by atoms with Gasteiger partial charge in [-0.25, -0.2) is 4.39 Å². The molecule has 2 aromatic carbocycles. The quantitative estimate of drug-likeness (QED) is 0.820. The molecule has 0 unspecified atom stereocenters. The van der Waals surface area contributed by atoms with E-state index in [9.17, 15) is 4.39 Å². The van der Waals surface area contributed by atoms with Gasteiger partial charge in [0.1, 0.15) is 23.9 Å². The zero-order valence-corrected chi connectivity index (χ0v) is 15.5. The molecule has 1 aliphatic rings. The Hall–Kier alpha value is -2.11. The zero-order chi connectivity index (χ0) is 18.4. The summed E-state index contributed by atoms with van der Waals surface area (Å²) in [5.41, 5.74) is 2.02. The molecule has 26 heavy (non-hydrogen) atoms. The van der Waals surface area contributed by atoms with Crippen molar-refractivity contribution in [1.29, 1.82) is 0 Å². The molecule has 1 fully saturated rings. The second-order valence-electron chi connectivity index (χ2n) is 6.85. The van der Waals surface area contributed by atoms with E-state index < -0.39 is 0 Å². The van der Waals surface area contributed by atoms with Crippen molar-refractivity contribution in [2.24, 2.45) is 0 Å². The van der Waals surface area contributed by atoms with Gasteiger partial charge in [-0.3, -0.25) is 0 Å². The number of nitrogens with zero attached hydrogens (tertiary/aromatic N) is 1. The summed E-state index contributed by atoms with van der Waals surface area (Å²) in [6, 6.07) is 12.8. The lowest BCUT2D eigenvalue weighted by Gasteiger charge is -2.29. The molecule has 1 saturated heterocycles. The minimum Gasteiger partial charge on any atom is -0.497 e. The Bertz CT molecular complexity index is 698. The standard InChI is InChI=1S/C21H27FN2O2/c1-24-11-9-19(10-12-24)23-14-17-13-20(25-2)7-8-21(17)26-15-16-3-5-18(22)6-4-16/h3-8,13,19,23H,9-12,14-15H2,1-2H3. The first-order chi connectivity index (χ1) is 12.6. The van der Waals surface area contributed by atoms with Crippen LogP contribution in [0.3, 0.4) is 0 Å². The smallest absolute Gasteiger partial charge is 0.124 e. The fraction of sp³-hybridized carbons (Fsp3) is 0.429. The topological polar surface area (TPSA) is 33.7 Å². The van der Waals surface area contributed by atoms with Crippen molar-refractivity contribution in [1.82, 2.24) is 10.2 Å². The van der Waals surface area contributed by atoms with Crippen LogP contribution in [0, 0.1) is 5.82 Å². The molecule has 0 saturated carbocycles. The van der Waals surface area contributed by atoms with E-state index in [4.69, 9.17) is 9.47 Å². The highest BCUT2D eigenvalue weighted by molar-refractivity contribution is 5.40. The molecule has 5 heteroatoms. The van der Waals surface area contributed by atoms with Gasteiger partial charge in [0.15, 0.2) is 0 Å². The van der Waals surface area contributed by atoms with Crippen molar-refractivity contribution >= 4 is 0 Å². The molecule has 1 heterocycles. The van der Waals surface area contributed by atoms with Crippen LogP contribution in [0.4, 0.5) is 4.39 Å². The molecule has 0 spiro atoms.